The van der Waals surface area contributed by atoms with Gasteiger partial charge in [0.1, 0.15) is 12.3 Å². The predicted molar refractivity (Wildman–Crippen MR) is 82.3 cm³/mol. The molecule has 2 amide bonds. The van der Waals surface area contributed by atoms with Crippen LogP contribution in [0.4, 0.5) is 4.79 Å². The maximum absolute atomic E-state index is 12.2. The lowest BCUT2D eigenvalue weighted by molar-refractivity contribution is -0.145. The molecule has 1 aromatic rings. The Hall–Kier alpha value is -2.28. The fourth-order valence-corrected chi connectivity index (χ4v) is 2.69. The molecule has 116 valence electrons. The number of hydrogen-bond acceptors (Lipinski definition) is 6. The molecular formula is C15H15NO5S. The van der Waals surface area contributed by atoms with Crippen LogP contribution in [0.15, 0.2) is 29.2 Å². The van der Waals surface area contributed by atoms with Crippen molar-refractivity contribution < 1.29 is 23.9 Å². The molecule has 1 aliphatic heterocycles. The Bertz CT molecular complexity index is 641. The normalized spacial score (nSPS) is 16.3. The lowest BCUT2D eigenvalue weighted by atomic mass is 10.2. The molecule has 0 atom stereocenters. The van der Waals surface area contributed by atoms with E-state index in [1.165, 1.54) is 0 Å². The smallest absolute Gasteiger partial charge is 0.326 e. The average molecular weight is 321 g/mol. The first kappa shape index (κ1) is 16.1. The molecule has 1 aliphatic rings. The predicted octanol–water partition coefficient (Wildman–Crippen LogP) is 2.29. The van der Waals surface area contributed by atoms with E-state index in [0.717, 1.165) is 22.2 Å². The van der Waals surface area contributed by atoms with Gasteiger partial charge in [0.15, 0.2) is 0 Å². The minimum Gasteiger partial charge on any atom is -0.497 e. The Morgan fingerprint density at radius 2 is 2.14 bits per heavy atom. The van der Waals surface area contributed by atoms with Crippen LogP contribution < -0.4 is 4.74 Å². The summed E-state index contributed by atoms with van der Waals surface area (Å²) in [5.74, 6) is -0.446. The molecule has 0 aliphatic carbocycles. The SMILES string of the molecule is CCOC(=O)CN1C(=O)SC(=Cc2cccc(OC)c2)C1=O. The van der Waals surface area contributed by atoms with Crippen molar-refractivity contribution in [2.45, 2.75) is 6.92 Å². The molecule has 0 unspecified atom stereocenters. The van der Waals surface area contributed by atoms with E-state index in [0.29, 0.717) is 5.75 Å². The maximum atomic E-state index is 12.2. The zero-order valence-electron chi connectivity index (χ0n) is 12.2. The second-order valence-electron chi connectivity index (χ2n) is 4.35. The zero-order chi connectivity index (χ0) is 16.1. The summed E-state index contributed by atoms with van der Waals surface area (Å²) in [4.78, 5) is 36.6. The molecule has 7 heteroatoms. The number of methoxy groups -OCH3 is 1. The van der Waals surface area contributed by atoms with Crippen molar-refractivity contribution >= 4 is 35.0 Å². The van der Waals surface area contributed by atoms with Crippen LogP contribution in [-0.4, -0.2) is 42.3 Å². The van der Waals surface area contributed by atoms with Gasteiger partial charge in [-0.15, -0.1) is 0 Å². The minimum atomic E-state index is -0.604. The largest absolute Gasteiger partial charge is 0.497 e. The van der Waals surface area contributed by atoms with Gasteiger partial charge in [0, 0.05) is 0 Å². The van der Waals surface area contributed by atoms with Crippen molar-refractivity contribution in [2.75, 3.05) is 20.3 Å². The third-order valence-corrected chi connectivity index (χ3v) is 3.77. The molecule has 0 N–H and O–H groups in total. The van der Waals surface area contributed by atoms with Crippen molar-refractivity contribution in [1.29, 1.82) is 0 Å². The van der Waals surface area contributed by atoms with E-state index in [1.54, 1.807) is 44.4 Å². The monoisotopic (exact) mass is 321 g/mol. The number of carbonyl (C=O) groups excluding carboxylic acids is 3. The Kier molecular flexibility index (Phi) is 5.21. The first-order chi connectivity index (χ1) is 10.5. The number of rotatable bonds is 5. The number of ether oxygens (including phenoxy) is 2. The van der Waals surface area contributed by atoms with E-state index >= 15 is 0 Å². The second-order valence-corrected chi connectivity index (χ2v) is 5.34. The molecule has 0 saturated carbocycles. The Morgan fingerprint density at radius 1 is 1.36 bits per heavy atom. The molecule has 0 radical (unpaired) electrons. The number of imide groups is 1. The molecule has 1 saturated heterocycles. The van der Waals surface area contributed by atoms with Crippen LogP contribution >= 0.6 is 11.8 Å². The summed E-state index contributed by atoms with van der Waals surface area (Å²) in [6.45, 7) is 1.50. The molecule has 1 heterocycles. The summed E-state index contributed by atoms with van der Waals surface area (Å²) < 4.78 is 9.86. The molecule has 6 nitrogen and oxygen atoms in total. The van der Waals surface area contributed by atoms with Crippen LogP contribution in [0.1, 0.15) is 12.5 Å². The zero-order valence-corrected chi connectivity index (χ0v) is 13.0. The molecule has 1 aromatic carbocycles. The van der Waals surface area contributed by atoms with Crippen LogP contribution in [0, 0.1) is 0 Å². The van der Waals surface area contributed by atoms with Crippen LogP contribution in [0.5, 0.6) is 5.75 Å². The number of esters is 1. The van der Waals surface area contributed by atoms with Gasteiger partial charge in [-0.3, -0.25) is 19.3 Å². The van der Waals surface area contributed by atoms with Crippen molar-refractivity contribution in [3.63, 3.8) is 0 Å². The second kappa shape index (κ2) is 7.13. The molecule has 1 fully saturated rings. The highest BCUT2D eigenvalue weighted by atomic mass is 32.2. The number of thioether (sulfide) groups is 1. The van der Waals surface area contributed by atoms with Gasteiger partial charge >= 0.3 is 5.97 Å². The molecule has 22 heavy (non-hydrogen) atoms. The summed E-state index contributed by atoms with van der Waals surface area (Å²) in [5, 5.41) is -0.479. The molecule has 2 rings (SSSR count). The van der Waals surface area contributed by atoms with Gasteiger partial charge in [-0.1, -0.05) is 12.1 Å². The quantitative estimate of drug-likeness (QED) is 0.612. The van der Waals surface area contributed by atoms with Crippen LogP contribution in [0.3, 0.4) is 0 Å². The maximum Gasteiger partial charge on any atom is 0.326 e. The first-order valence-electron chi connectivity index (χ1n) is 6.60. The topological polar surface area (TPSA) is 72.9 Å². The number of nitrogens with zero attached hydrogens (tertiary/aromatic N) is 1. The lowest BCUT2D eigenvalue weighted by Gasteiger charge is -2.10. The standard InChI is InChI=1S/C15H15NO5S/c1-3-21-13(17)9-16-14(18)12(22-15(16)19)8-10-5-4-6-11(7-10)20-2/h4-8H,3,9H2,1-2H3. The van der Waals surface area contributed by atoms with E-state index in [4.69, 9.17) is 9.47 Å². The molecule has 0 spiro atoms. The van der Waals surface area contributed by atoms with Crippen molar-refractivity contribution in [3.8, 4) is 5.75 Å². The lowest BCUT2D eigenvalue weighted by Crippen LogP contribution is -2.34. The Balaban J connectivity index is 2.16. The number of benzene rings is 1. The third-order valence-electron chi connectivity index (χ3n) is 2.86. The summed E-state index contributed by atoms with van der Waals surface area (Å²) in [6, 6.07) is 7.11. The highest BCUT2D eigenvalue weighted by Gasteiger charge is 2.36. The fraction of sp³-hybridized carbons (Fsp3) is 0.267. The summed E-state index contributed by atoms with van der Waals surface area (Å²) in [6.07, 6.45) is 1.60. The Labute approximate surface area is 132 Å². The Morgan fingerprint density at radius 3 is 2.82 bits per heavy atom. The molecule has 0 bridgehead atoms. The highest BCUT2D eigenvalue weighted by Crippen LogP contribution is 2.32. The van der Waals surface area contributed by atoms with Gasteiger partial charge in [0.05, 0.1) is 18.6 Å². The van der Waals surface area contributed by atoms with E-state index in [2.05, 4.69) is 0 Å². The highest BCUT2D eigenvalue weighted by molar-refractivity contribution is 8.18. The van der Waals surface area contributed by atoms with Crippen LogP contribution in [0.25, 0.3) is 6.08 Å². The summed E-state index contributed by atoms with van der Waals surface area (Å²) in [7, 11) is 1.55. The van der Waals surface area contributed by atoms with Gasteiger partial charge < -0.3 is 9.47 Å². The van der Waals surface area contributed by atoms with Gasteiger partial charge in [-0.25, -0.2) is 0 Å². The number of amides is 2. The third kappa shape index (κ3) is 3.67. The van der Waals surface area contributed by atoms with Gasteiger partial charge in [0.25, 0.3) is 11.1 Å². The van der Waals surface area contributed by atoms with E-state index < -0.39 is 17.1 Å². The first-order valence-corrected chi connectivity index (χ1v) is 7.42. The molecular weight excluding hydrogens is 306 g/mol. The van der Waals surface area contributed by atoms with Crippen LogP contribution in [-0.2, 0) is 14.3 Å². The number of carbonyl (C=O) groups is 3. The van der Waals surface area contributed by atoms with E-state index in [1.807, 2.05) is 0 Å². The number of hydrogen-bond donors (Lipinski definition) is 0. The fourth-order valence-electron chi connectivity index (χ4n) is 1.85. The summed E-state index contributed by atoms with van der Waals surface area (Å²) >= 11 is 0.800. The van der Waals surface area contributed by atoms with Crippen molar-refractivity contribution in [1.82, 2.24) is 4.90 Å². The van der Waals surface area contributed by atoms with E-state index in [9.17, 15) is 14.4 Å². The van der Waals surface area contributed by atoms with Gasteiger partial charge in [-0.05, 0) is 42.5 Å². The van der Waals surface area contributed by atoms with Gasteiger partial charge in [0.2, 0.25) is 0 Å². The van der Waals surface area contributed by atoms with Crippen molar-refractivity contribution in [3.05, 3.63) is 34.7 Å². The van der Waals surface area contributed by atoms with Crippen molar-refractivity contribution in [2.24, 2.45) is 0 Å². The average Bonchev–Trinajstić information content (AvgIpc) is 2.75. The molecule has 0 aromatic heterocycles. The van der Waals surface area contributed by atoms with Gasteiger partial charge in [-0.2, -0.15) is 0 Å². The minimum absolute atomic E-state index is 0.203. The summed E-state index contributed by atoms with van der Waals surface area (Å²) in [5.41, 5.74) is 0.737. The van der Waals surface area contributed by atoms with E-state index in [-0.39, 0.29) is 18.1 Å². The van der Waals surface area contributed by atoms with Crippen LogP contribution in [0.2, 0.25) is 0 Å².